The van der Waals surface area contributed by atoms with E-state index in [0.717, 1.165) is 30.6 Å². The summed E-state index contributed by atoms with van der Waals surface area (Å²) in [5, 5.41) is 6.17. The molecule has 1 fully saturated rings. The van der Waals surface area contributed by atoms with Crippen LogP contribution >= 0.6 is 23.2 Å². The minimum absolute atomic E-state index is 0.0121. The molecule has 2 rings (SSSR count). The number of halogens is 2. The molecule has 1 aliphatic heterocycles. The molecule has 2 atom stereocenters. The van der Waals surface area contributed by atoms with Gasteiger partial charge in [-0.25, -0.2) is 4.79 Å². The quantitative estimate of drug-likeness (QED) is 0.501. The molecule has 148 valence electrons. The van der Waals surface area contributed by atoms with Gasteiger partial charge in [0.25, 0.3) is 5.91 Å². The summed E-state index contributed by atoms with van der Waals surface area (Å²) in [5.41, 5.74) is -0.908. The van der Waals surface area contributed by atoms with E-state index in [9.17, 15) is 14.4 Å². The summed E-state index contributed by atoms with van der Waals surface area (Å²) in [6, 6.07) is 4.07. The Bertz CT molecular complexity index is 741. The van der Waals surface area contributed by atoms with Crippen molar-refractivity contribution in [1.82, 2.24) is 15.5 Å². The molecular weight excluding hydrogens is 389 g/mol. The van der Waals surface area contributed by atoms with E-state index in [0.29, 0.717) is 10.6 Å². The maximum absolute atomic E-state index is 12.9. The molecule has 1 heterocycles. The second kappa shape index (κ2) is 8.93. The van der Waals surface area contributed by atoms with Crippen LogP contribution in [0.25, 0.3) is 0 Å². The molecule has 1 saturated heterocycles. The lowest BCUT2D eigenvalue weighted by atomic mass is 9.92. The predicted octanol–water partition coefficient (Wildman–Crippen LogP) is 3.85. The molecule has 1 aromatic carbocycles. The first-order valence-corrected chi connectivity index (χ1v) is 9.83. The lowest BCUT2D eigenvalue weighted by Gasteiger charge is -2.23. The third kappa shape index (κ3) is 4.93. The van der Waals surface area contributed by atoms with E-state index in [1.54, 1.807) is 19.1 Å². The van der Waals surface area contributed by atoms with E-state index in [2.05, 4.69) is 17.6 Å². The van der Waals surface area contributed by atoms with Gasteiger partial charge in [-0.2, -0.15) is 0 Å². The van der Waals surface area contributed by atoms with Crippen LogP contribution < -0.4 is 10.6 Å². The molecule has 4 amide bonds. The Morgan fingerprint density at radius 3 is 2.63 bits per heavy atom. The van der Waals surface area contributed by atoms with Crippen LogP contribution in [0.5, 0.6) is 0 Å². The van der Waals surface area contributed by atoms with Crippen LogP contribution in [0.2, 0.25) is 10.0 Å². The van der Waals surface area contributed by atoms with Crippen molar-refractivity contribution in [3.8, 4) is 0 Å². The van der Waals surface area contributed by atoms with Crippen molar-refractivity contribution in [3.63, 3.8) is 0 Å². The second-order valence-corrected chi connectivity index (χ2v) is 7.88. The Kier molecular flexibility index (Phi) is 7.12. The highest BCUT2D eigenvalue weighted by atomic mass is 35.5. The van der Waals surface area contributed by atoms with E-state index in [4.69, 9.17) is 23.2 Å². The molecule has 0 aliphatic carbocycles. The van der Waals surface area contributed by atoms with Gasteiger partial charge in [0, 0.05) is 21.7 Å². The highest BCUT2D eigenvalue weighted by molar-refractivity contribution is 6.35. The van der Waals surface area contributed by atoms with E-state index < -0.39 is 17.5 Å². The molecule has 27 heavy (non-hydrogen) atoms. The van der Waals surface area contributed by atoms with Gasteiger partial charge in [-0.1, -0.05) is 55.5 Å². The maximum Gasteiger partial charge on any atom is 0.325 e. The minimum Gasteiger partial charge on any atom is -0.352 e. The highest BCUT2D eigenvalue weighted by Gasteiger charge is 2.50. The summed E-state index contributed by atoms with van der Waals surface area (Å²) < 4.78 is 0. The number of nitrogens with zero attached hydrogens (tertiary/aromatic N) is 1. The van der Waals surface area contributed by atoms with Crippen molar-refractivity contribution in [3.05, 3.63) is 33.8 Å². The first kappa shape index (κ1) is 21.5. The fraction of sp³-hybridized carbons (Fsp3) is 0.526. The van der Waals surface area contributed by atoms with Gasteiger partial charge in [0.2, 0.25) is 5.91 Å². The predicted molar refractivity (Wildman–Crippen MR) is 106 cm³/mol. The highest BCUT2D eigenvalue weighted by Crippen LogP contribution is 2.34. The normalized spacial score (nSPS) is 20.6. The number of carbonyl (C=O) groups excluding carboxylic acids is 3. The van der Waals surface area contributed by atoms with Gasteiger partial charge in [-0.3, -0.25) is 14.5 Å². The topological polar surface area (TPSA) is 78.5 Å². The number of benzene rings is 1. The number of rotatable bonds is 8. The molecule has 0 radical (unpaired) electrons. The Morgan fingerprint density at radius 2 is 2.00 bits per heavy atom. The number of hydrogen-bond acceptors (Lipinski definition) is 3. The van der Waals surface area contributed by atoms with Crippen LogP contribution in [0.15, 0.2) is 18.2 Å². The molecule has 2 N–H and O–H groups in total. The first-order valence-electron chi connectivity index (χ1n) is 9.08. The Labute approximate surface area is 169 Å². The van der Waals surface area contributed by atoms with Crippen molar-refractivity contribution in [1.29, 1.82) is 0 Å². The molecule has 1 aromatic rings. The van der Waals surface area contributed by atoms with Crippen LogP contribution in [0.1, 0.15) is 52.0 Å². The zero-order valence-electron chi connectivity index (χ0n) is 15.8. The molecular formula is C19H25Cl2N3O3. The molecule has 1 aliphatic rings. The van der Waals surface area contributed by atoms with Gasteiger partial charge in [0.1, 0.15) is 12.1 Å². The van der Waals surface area contributed by atoms with Gasteiger partial charge < -0.3 is 10.6 Å². The molecule has 0 aromatic heterocycles. The van der Waals surface area contributed by atoms with Crippen molar-refractivity contribution < 1.29 is 14.4 Å². The molecule has 8 heteroatoms. The summed E-state index contributed by atoms with van der Waals surface area (Å²) in [6.07, 6.45) is 4.09. The fourth-order valence-electron chi connectivity index (χ4n) is 3.15. The number of amides is 4. The Balaban J connectivity index is 2.06. The molecule has 0 spiro atoms. The number of urea groups is 1. The summed E-state index contributed by atoms with van der Waals surface area (Å²) >= 11 is 12.1. The average Bonchev–Trinajstić information content (AvgIpc) is 2.79. The van der Waals surface area contributed by atoms with Gasteiger partial charge in [-0.15, -0.1) is 0 Å². The SMILES string of the molecule is CCCCC[C@H](C)NC(=O)CN1C(=O)N[C@](C)(c2ccc(Cl)cc2Cl)C1=O. The van der Waals surface area contributed by atoms with Crippen LogP contribution in [0.4, 0.5) is 4.79 Å². The van der Waals surface area contributed by atoms with E-state index in [-0.39, 0.29) is 23.5 Å². The number of carbonyl (C=O) groups is 3. The van der Waals surface area contributed by atoms with Crippen LogP contribution in [0.3, 0.4) is 0 Å². The number of imide groups is 1. The zero-order chi connectivity index (χ0) is 20.2. The lowest BCUT2D eigenvalue weighted by molar-refractivity contribution is -0.135. The smallest absolute Gasteiger partial charge is 0.325 e. The van der Waals surface area contributed by atoms with Crippen LogP contribution in [0, 0.1) is 0 Å². The van der Waals surface area contributed by atoms with E-state index >= 15 is 0 Å². The van der Waals surface area contributed by atoms with Gasteiger partial charge in [0.05, 0.1) is 0 Å². The zero-order valence-corrected chi connectivity index (χ0v) is 17.3. The molecule has 0 bridgehead atoms. The Morgan fingerprint density at radius 1 is 1.30 bits per heavy atom. The van der Waals surface area contributed by atoms with Gasteiger partial charge in [0.15, 0.2) is 0 Å². The van der Waals surface area contributed by atoms with Crippen molar-refractivity contribution in [2.45, 2.75) is 58.0 Å². The third-order valence-corrected chi connectivity index (χ3v) is 5.24. The summed E-state index contributed by atoms with van der Waals surface area (Å²) in [4.78, 5) is 38.4. The maximum atomic E-state index is 12.9. The fourth-order valence-corrected chi connectivity index (χ4v) is 3.75. The monoisotopic (exact) mass is 413 g/mol. The van der Waals surface area contributed by atoms with Gasteiger partial charge in [-0.05, 0) is 32.4 Å². The largest absolute Gasteiger partial charge is 0.352 e. The molecule has 0 unspecified atom stereocenters. The lowest BCUT2D eigenvalue weighted by Crippen LogP contribution is -2.45. The van der Waals surface area contributed by atoms with Crippen molar-refractivity contribution >= 4 is 41.0 Å². The van der Waals surface area contributed by atoms with E-state index in [1.165, 1.54) is 6.07 Å². The van der Waals surface area contributed by atoms with Gasteiger partial charge >= 0.3 is 6.03 Å². The second-order valence-electron chi connectivity index (χ2n) is 7.03. The average molecular weight is 414 g/mol. The number of unbranched alkanes of at least 4 members (excludes halogenated alkanes) is 2. The standard InChI is InChI=1S/C19H25Cl2N3O3/c1-4-5-6-7-12(2)22-16(25)11-24-17(26)19(3,23-18(24)27)14-9-8-13(20)10-15(14)21/h8-10,12H,4-7,11H2,1-3H3,(H,22,25)(H,23,27)/t12-,19+/m0/s1. The van der Waals surface area contributed by atoms with Crippen LogP contribution in [-0.4, -0.2) is 35.3 Å². The summed E-state index contributed by atoms with van der Waals surface area (Å²) in [6.45, 7) is 5.26. The molecule has 6 nitrogen and oxygen atoms in total. The number of nitrogens with one attached hydrogen (secondary N) is 2. The summed E-state index contributed by atoms with van der Waals surface area (Å²) in [5.74, 6) is -0.889. The minimum atomic E-state index is -1.34. The summed E-state index contributed by atoms with van der Waals surface area (Å²) in [7, 11) is 0. The first-order chi connectivity index (χ1) is 12.7. The Hall–Kier alpha value is -1.79. The molecule has 0 saturated carbocycles. The van der Waals surface area contributed by atoms with Crippen molar-refractivity contribution in [2.75, 3.05) is 6.54 Å². The van der Waals surface area contributed by atoms with Crippen molar-refractivity contribution in [2.24, 2.45) is 0 Å². The third-order valence-electron chi connectivity index (χ3n) is 4.69. The van der Waals surface area contributed by atoms with Crippen LogP contribution in [-0.2, 0) is 15.1 Å². The number of hydrogen-bond donors (Lipinski definition) is 2. The van der Waals surface area contributed by atoms with E-state index in [1.807, 2.05) is 6.92 Å².